The van der Waals surface area contributed by atoms with E-state index in [-0.39, 0.29) is 5.91 Å². The molecule has 2 N–H and O–H groups in total. The molecule has 1 aliphatic heterocycles. The number of halogens is 1. The van der Waals surface area contributed by atoms with Gasteiger partial charge in [0.1, 0.15) is 0 Å². The van der Waals surface area contributed by atoms with Gasteiger partial charge in [0.25, 0.3) is 0 Å². The van der Waals surface area contributed by atoms with Crippen LogP contribution >= 0.6 is 27.7 Å². The summed E-state index contributed by atoms with van der Waals surface area (Å²) in [6.07, 6.45) is 2.32. The Bertz CT molecular complexity index is 447. The van der Waals surface area contributed by atoms with Crippen molar-refractivity contribution < 1.29 is 4.79 Å². The second-order valence-electron chi connectivity index (χ2n) is 4.79. The molecule has 0 unspecified atom stereocenters. The lowest BCUT2D eigenvalue weighted by atomic mass is 10.2. The highest BCUT2D eigenvalue weighted by molar-refractivity contribution is 9.10. The minimum Gasteiger partial charge on any atom is -0.324 e. The van der Waals surface area contributed by atoms with Gasteiger partial charge in [0.2, 0.25) is 5.91 Å². The fourth-order valence-electron chi connectivity index (χ4n) is 2.06. The third kappa shape index (κ3) is 4.82. The number of hydrogen-bond donors (Lipinski definition) is 2. The smallest absolute Gasteiger partial charge is 0.234 e. The van der Waals surface area contributed by atoms with Crippen molar-refractivity contribution in [2.24, 2.45) is 0 Å². The summed E-state index contributed by atoms with van der Waals surface area (Å²) in [6, 6.07) is 5.95. The Kier molecular flexibility index (Phi) is 5.73. The fourth-order valence-corrected chi connectivity index (χ4v) is 3.68. The van der Waals surface area contributed by atoms with Crippen molar-refractivity contribution in [1.82, 2.24) is 5.32 Å². The number of amides is 1. The normalized spacial score (nSPS) is 16.3. The van der Waals surface area contributed by atoms with Crippen LogP contribution in [0.3, 0.4) is 0 Å². The SMILES string of the molecule is Cc1ccc(NC(=O)CSC2CCNCC2)c(Br)c1. The molecule has 0 aromatic heterocycles. The lowest BCUT2D eigenvalue weighted by Crippen LogP contribution is -2.30. The summed E-state index contributed by atoms with van der Waals surface area (Å²) >= 11 is 5.24. The minimum atomic E-state index is 0.0769. The lowest BCUT2D eigenvalue weighted by molar-refractivity contribution is -0.113. The predicted octanol–water partition coefficient (Wildman–Crippen LogP) is 3.18. The molecule has 0 aliphatic carbocycles. The molecular formula is C14H19BrN2OS. The lowest BCUT2D eigenvalue weighted by Gasteiger charge is -2.21. The van der Waals surface area contributed by atoms with Gasteiger partial charge in [-0.2, -0.15) is 0 Å². The maximum atomic E-state index is 11.9. The summed E-state index contributed by atoms with van der Waals surface area (Å²) in [5.41, 5.74) is 2.02. The van der Waals surface area contributed by atoms with Crippen LogP contribution in [0, 0.1) is 6.92 Å². The van der Waals surface area contributed by atoms with Crippen LogP contribution in [-0.4, -0.2) is 30.0 Å². The number of benzene rings is 1. The van der Waals surface area contributed by atoms with Crippen molar-refractivity contribution in [3.63, 3.8) is 0 Å². The number of aryl methyl sites for hydroxylation is 1. The summed E-state index contributed by atoms with van der Waals surface area (Å²) in [5, 5.41) is 6.91. The van der Waals surface area contributed by atoms with Gasteiger partial charge in [-0.25, -0.2) is 0 Å². The number of thioether (sulfide) groups is 1. The highest BCUT2D eigenvalue weighted by Crippen LogP contribution is 2.24. The van der Waals surface area contributed by atoms with Crippen molar-refractivity contribution in [1.29, 1.82) is 0 Å². The van der Waals surface area contributed by atoms with Crippen LogP contribution in [0.25, 0.3) is 0 Å². The number of nitrogens with one attached hydrogen (secondary N) is 2. The largest absolute Gasteiger partial charge is 0.324 e. The van der Waals surface area contributed by atoms with E-state index in [9.17, 15) is 4.79 Å². The average Bonchev–Trinajstić information content (AvgIpc) is 2.41. The van der Waals surface area contributed by atoms with Gasteiger partial charge in [-0.1, -0.05) is 6.07 Å². The molecule has 1 aliphatic rings. The predicted molar refractivity (Wildman–Crippen MR) is 85.9 cm³/mol. The van der Waals surface area contributed by atoms with Crippen LogP contribution in [0.2, 0.25) is 0 Å². The molecule has 0 spiro atoms. The number of hydrogen-bond acceptors (Lipinski definition) is 3. The summed E-state index contributed by atoms with van der Waals surface area (Å²) in [4.78, 5) is 11.9. The van der Waals surface area contributed by atoms with Crippen LogP contribution in [-0.2, 0) is 4.79 Å². The van der Waals surface area contributed by atoms with Crippen LogP contribution in [0.15, 0.2) is 22.7 Å². The number of rotatable bonds is 4. The van der Waals surface area contributed by atoms with Gasteiger partial charge in [0.15, 0.2) is 0 Å². The second kappa shape index (κ2) is 7.31. The molecule has 0 radical (unpaired) electrons. The van der Waals surface area contributed by atoms with Gasteiger partial charge in [-0.3, -0.25) is 4.79 Å². The van der Waals surface area contributed by atoms with Crippen molar-refractivity contribution >= 4 is 39.3 Å². The van der Waals surface area contributed by atoms with Gasteiger partial charge in [-0.15, -0.1) is 11.8 Å². The summed E-state index contributed by atoms with van der Waals surface area (Å²) in [7, 11) is 0. The van der Waals surface area contributed by atoms with Crippen LogP contribution in [0.4, 0.5) is 5.69 Å². The quantitative estimate of drug-likeness (QED) is 0.882. The van der Waals surface area contributed by atoms with E-state index in [1.54, 1.807) is 11.8 Å². The molecule has 19 heavy (non-hydrogen) atoms. The van der Waals surface area contributed by atoms with E-state index in [4.69, 9.17) is 0 Å². The monoisotopic (exact) mass is 342 g/mol. The van der Waals surface area contributed by atoms with Crippen LogP contribution < -0.4 is 10.6 Å². The molecule has 3 nitrogen and oxygen atoms in total. The standard InChI is InChI=1S/C14H19BrN2OS/c1-10-2-3-13(12(15)8-10)17-14(18)9-19-11-4-6-16-7-5-11/h2-3,8,11,16H,4-7,9H2,1H3,(H,17,18). The fraction of sp³-hybridized carbons (Fsp3) is 0.500. The Morgan fingerprint density at radius 2 is 2.21 bits per heavy atom. The maximum Gasteiger partial charge on any atom is 0.234 e. The van der Waals surface area contributed by atoms with E-state index in [1.165, 1.54) is 5.56 Å². The third-order valence-corrected chi connectivity index (χ3v) is 5.16. The number of anilines is 1. The molecule has 1 aromatic carbocycles. The number of carbonyl (C=O) groups excluding carboxylic acids is 1. The molecule has 5 heteroatoms. The zero-order valence-corrected chi connectivity index (χ0v) is 13.4. The van der Waals surface area contributed by atoms with E-state index >= 15 is 0 Å². The molecule has 0 atom stereocenters. The van der Waals surface area contributed by atoms with Crippen molar-refractivity contribution in [2.75, 3.05) is 24.2 Å². The zero-order valence-electron chi connectivity index (χ0n) is 11.0. The Morgan fingerprint density at radius 3 is 2.89 bits per heavy atom. The van der Waals surface area contributed by atoms with Crippen molar-refractivity contribution in [3.8, 4) is 0 Å². The van der Waals surface area contributed by atoms with E-state index in [0.717, 1.165) is 36.1 Å². The molecule has 1 saturated heterocycles. The molecule has 0 saturated carbocycles. The number of carbonyl (C=O) groups is 1. The molecule has 2 rings (SSSR count). The highest BCUT2D eigenvalue weighted by atomic mass is 79.9. The van der Waals surface area contributed by atoms with E-state index < -0.39 is 0 Å². The van der Waals surface area contributed by atoms with Crippen LogP contribution in [0.5, 0.6) is 0 Å². The van der Waals surface area contributed by atoms with E-state index in [1.807, 2.05) is 25.1 Å². The highest BCUT2D eigenvalue weighted by Gasteiger charge is 2.15. The molecule has 1 amide bonds. The Morgan fingerprint density at radius 1 is 1.47 bits per heavy atom. The van der Waals surface area contributed by atoms with Crippen molar-refractivity contribution in [2.45, 2.75) is 25.0 Å². The molecule has 1 heterocycles. The molecule has 0 bridgehead atoms. The molecule has 1 aromatic rings. The minimum absolute atomic E-state index is 0.0769. The summed E-state index contributed by atoms with van der Waals surface area (Å²) < 4.78 is 0.938. The molecule has 1 fully saturated rings. The van der Waals surface area contributed by atoms with Gasteiger partial charge < -0.3 is 10.6 Å². The maximum absolute atomic E-state index is 11.9. The molecular weight excluding hydrogens is 324 g/mol. The average molecular weight is 343 g/mol. The Labute approximate surface area is 127 Å². The zero-order chi connectivity index (χ0) is 13.7. The third-order valence-electron chi connectivity index (χ3n) is 3.13. The first kappa shape index (κ1) is 14.9. The van der Waals surface area contributed by atoms with Crippen LogP contribution in [0.1, 0.15) is 18.4 Å². The van der Waals surface area contributed by atoms with Gasteiger partial charge in [-0.05, 0) is 66.5 Å². The van der Waals surface area contributed by atoms with Gasteiger partial charge in [0.05, 0.1) is 11.4 Å². The first-order valence-corrected chi connectivity index (χ1v) is 8.37. The second-order valence-corrected chi connectivity index (χ2v) is 6.93. The first-order chi connectivity index (χ1) is 9.15. The first-order valence-electron chi connectivity index (χ1n) is 6.53. The van der Waals surface area contributed by atoms with Gasteiger partial charge in [0, 0.05) is 9.72 Å². The summed E-state index contributed by atoms with van der Waals surface area (Å²) in [5.74, 6) is 0.610. The van der Waals surface area contributed by atoms with Crippen molar-refractivity contribution in [3.05, 3.63) is 28.2 Å². The Hall–Kier alpha value is -0.520. The number of piperidine rings is 1. The molecule has 104 valence electrons. The van der Waals surface area contributed by atoms with E-state index in [2.05, 4.69) is 26.6 Å². The summed E-state index contributed by atoms with van der Waals surface area (Å²) in [6.45, 7) is 4.18. The Balaban J connectivity index is 1.80. The topological polar surface area (TPSA) is 41.1 Å². The van der Waals surface area contributed by atoms with Gasteiger partial charge >= 0.3 is 0 Å². The van der Waals surface area contributed by atoms with E-state index in [0.29, 0.717) is 11.0 Å².